The molecule has 1 saturated carbocycles. The quantitative estimate of drug-likeness (QED) is 0.414. The standard InChI is InChI=1S/C24H19N3O4S/c1-30-15-5-7-17(19(9-15)13-2-3-13)22-26-23-21(18-6-4-14(28)8-20(18)32-23)24(29)27(22)11-16-10-25-12-31-16/h4-10,12-13,28H,2-3,11H2,1H3. The molecular formula is C24H19N3O4S. The van der Waals surface area contributed by atoms with Crippen molar-refractivity contribution in [1.29, 1.82) is 0 Å². The third kappa shape index (κ3) is 3.06. The summed E-state index contributed by atoms with van der Waals surface area (Å²) in [4.78, 5) is 23.4. The van der Waals surface area contributed by atoms with Gasteiger partial charge in [0.25, 0.3) is 5.56 Å². The number of fused-ring (bicyclic) bond motifs is 3. The molecule has 32 heavy (non-hydrogen) atoms. The smallest absolute Gasteiger partial charge is 0.263 e. The number of benzene rings is 2. The van der Waals surface area contributed by atoms with Crippen LogP contribution in [0.3, 0.4) is 0 Å². The maximum Gasteiger partial charge on any atom is 0.263 e. The number of methoxy groups -OCH3 is 1. The van der Waals surface area contributed by atoms with Crippen LogP contribution in [0.25, 0.3) is 31.7 Å². The zero-order chi connectivity index (χ0) is 21.8. The normalized spacial score (nSPS) is 13.8. The van der Waals surface area contributed by atoms with Crippen LogP contribution in [0, 0.1) is 0 Å². The number of oxazole rings is 1. The molecule has 0 bridgehead atoms. The number of thiophene rings is 1. The molecule has 0 spiro atoms. The van der Waals surface area contributed by atoms with E-state index in [4.69, 9.17) is 14.1 Å². The van der Waals surface area contributed by atoms with Crippen LogP contribution in [0.2, 0.25) is 0 Å². The fraction of sp³-hybridized carbons (Fsp3) is 0.208. The van der Waals surface area contributed by atoms with Crippen LogP contribution in [-0.4, -0.2) is 26.8 Å². The molecule has 160 valence electrons. The van der Waals surface area contributed by atoms with Gasteiger partial charge in [-0.15, -0.1) is 11.3 Å². The summed E-state index contributed by atoms with van der Waals surface area (Å²) in [6.07, 6.45) is 5.19. The molecule has 0 unspecified atom stereocenters. The van der Waals surface area contributed by atoms with E-state index >= 15 is 0 Å². The van der Waals surface area contributed by atoms with Crippen LogP contribution in [0.1, 0.15) is 30.1 Å². The summed E-state index contributed by atoms with van der Waals surface area (Å²) in [5.41, 5.74) is 1.92. The van der Waals surface area contributed by atoms with Gasteiger partial charge in [0.05, 0.1) is 25.2 Å². The summed E-state index contributed by atoms with van der Waals surface area (Å²) < 4.78 is 13.4. The fourth-order valence-electron chi connectivity index (χ4n) is 4.18. The number of ether oxygens (including phenoxy) is 1. The Morgan fingerprint density at radius 2 is 2.12 bits per heavy atom. The topological polar surface area (TPSA) is 90.4 Å². The highest BCUT2D eigenvalue weighted by atomic mass is 32.1. The summed E-state index contributed by atoms with van der Waals surface area (Å²) in [6.45, 7) is 0.225. The highest BCUT2D eigenvalue weighted by Gasteiger charge is 2.29. The van der Waals surface area contributed by atoms with Gasteiger partial charge in [-0.3, -0.25) is 9.36 Å². The van der Waals surface area contributed by atoms with Crippen LogP contribution in [0.5, 0.6) is 11.5 Å². The molecule has 1 aliphatic carbocycles. The molecule has 0 saturated heterocycles. The summed E-state index contributed by atoms with van der Waals surface area (Å²) in [6, 6.07) is 11.0. The summed E-state index contributed by atoms with van der Waals surface area (Å²) in [5.74, 6) is 2.56. The number of rotatable bonds is 5. The van der Waals surface area contributed by atoms with E-state index in [0.717, 1.165) is 39.8 Å². The molecule has 0 amide bonds. The number of phenolic OH excluding ortho intramolecular Hbond substituents is 1. The van der Waals surface area contributed by atoms with Crippen molar-refractivity contribution in [2.24, 2.45) is 0 Å². The van der Waals surface area contributed by atoms with Crippen molar-refractivity contribution in [2.75, 3.05) is 7.11 Å². The predicted molar refractivity (Wildman–Crippen MR) is 123 cm³/mol. The second-order valence-electron chi connectivity index (χ2n) is 7.98. The molecule has 8 heteroatoms. The minimum absolute atomic E-state index is 0.143. The minimum atomic E-state index is -0.143. The molecule has 1 fully saturated rings. The zero-order valence-electron chi connectivity index (χ0n) is 17.2. The number of hydrogen-bond donors (Lipinski definition) is 1. The van der Waals surface area contributed by atoms with E-state index in [2.05, 4.69) is 4.98 Å². The highest BCUT2D eigenvalue weighted by Crippen LogP contribution is 2.45. The zero-order valence-corrected chi connectivity index (χ0v) is 18.1. The molecule has 3 aromatic heterocycles. The average molecular weight is 446 g/mol. The van der Waals surface area contributed by atoms with Gasteiger partial charge < -0.3 is 14.3 Å². The number of aromatic nitrogens is 3. The summed E-state index contributed by atoms with van der Waals surface area (Å²) in [5, 5.41) is 11.2. The Morgan fingerprint density at radius 3 is 2.88 bits per heavy atom. The minimum Gasteiger partial charge on any atom is -0.508 e. The van der Waals surface area contributed by atoms with Gasteiger partial charge in [0.15, 0.2) is 6.39 Å². The van der Waals surface area contributed by atoms with E-state index in [-0.39, 0.29) is 17.9 Å². The predicted octanol–water partition coefficient (Wildman–Crippen LogP) is 4.91. The van der Waals surface area contributed by atoms with E-state index in [0.29, 0.717) is 27.7 Å². The first kappa shape index (κ1) is 19.1. The van der Waals surface area contributed by atoms with Crippen molar-refractivity contribution in [3.63, 3.8) is 0 Å². The van der Waals surface area contributed by atoms with Gasteiger partial charge in [-0.1, -0.05) is 0 Å². The van der Waals surface area contributed by atoms with Crippen LogP contribution >= 0.6 is 11.3 Å². The van der Waals surface area contributed by atoms with Gasteiger partial charge in [-0.25, -0.2) is 9.97 Å². The van der Waals surface area contributed by atoms with Gasteiger partial charge in [0, 0.05) is 15.6 Å². The molecule has 3 heterocycles. The number of nitrogens with zero attached hydrogens (tertiary/aromatic N) is 3. The summed E-state index contributed by atoms with van der Waals surface area (Å²) >= 11 is 1.41. The second-order valence-corrected chi connectivity index (χ2v) is 9.02. The van der Waals surface area contributed by atoms with E-state index in [1.165, 1.54) is 17.7 Å². The Kier molecular flexibility index (Phi) is 4.29. The Bertz CT molecular complexity index is 1530. The van der Waals surface area contributed by atoms with Crippen LogP contribution in [0.15, 0.2) is 58.2 Å². The van der Waals surface area contributed by atoms with Gasteiger partial charge in [0.2, 0.25) is 0 Å². The molecule has 0 radical (unpaired) electrons. The van der Waals surface area contributed by atoms with Crippen molar-refractivity contribution >= 4 is 31.6 Å². The first-order valence-corrected chi connectivity index (χ1v) is 11.2. The highest BCUT2D eigenvalue weighted by molar-refractivity contribution is 7.25. The van der Waals surface area contributed by atoms with E-state index in [1.807, 2.05) is 18.2 Å². The Hall–Kier alpha value is -3.65. The lowest BCUT2D eigenvalue weighted by Crippen LogP contribution is -2.24. The number of aromatic hydroxyl groups is 1. The molecule has 6 rings (SSSR count). The fourth-order valence-corrected chi connectivity index (χ4v) is 5.28. The average Bonchev–Trinajstić information content (AvgIpc) is 3.39. The van der Waals surface area contributed by atoms with Gasteiger partial charge in [-0.05, 0) is 60.7 Å². The Labute approximate surface area is 186 Å². The molecule has 1 aliphatic rings. The number of hydrogen-bond acceptors (Lipinski definition) is 7. The molecule has 1 N–H and O–H groups in total. The Balaban J connectivity index is 1.67. The van der Waals surface area contributed by atoms with E-state index < -0.39 is 0 Å². The van der Waals surface area contributed by atoms with E-state index in [1.54, 1.807) is 36.1 Å². The first-order chi connectivity index (χ1) is 15.6. The first-order valence-electron chi connectivity index (χ1n) is 10.3. The second kappa shape index (κ2) is 7.20. The van der Waals surface area contributed by atoms with Crippen molar-refractivity contribution < 1.29 is 14.3 Å². The van der Waals surface area contributed by atoms with Crippen molar-refractivity contribution in [1.82, 2.24) is 14.5 Å². The molecular weight excluding hydrogens is 426 g/mol. The largest absolute Gasteiger partial charge is 0.508 e. The van der Waals surface area contributed by atoms with Crippen LogP contribution in [0.4, 0.5) is 0 Å². The third-order valence-corrected chi connectivity index (χ3v) is 6.94. The lowest BCUT2D eigenvalue weighted by molar-refractivity contribution is 0.414. The van der Waals surface area contributed by atoms with Crippen molar-refractivity contribution in [3.8, 4) is 22.9 Å². The maximum absolute atomic E-state index is 13.8. The maximum atomic E-state index is 13.8. The monoisotopic (exact) mass is 445 g/mol. The van der Waals surface area contributed by atoms with Gasteiger partial charge in [0.1, 0.15) is 27.9 Å². The molecule has 0 atom stereocenters. The van der Waals surface area contributed by atoms with Crippen molar-refractivity contribution in [2.45, 2.75) is 25.3 Å². The molecule has 2 aromatic carbocycles. The summed E-state index contributed by atoms with van der Waals surface area (Å²) in [7, 11) is 1.66. The van der Waals surface area contributed by atoms with Crippen molar-refractivity contribution in [3.05, 3.63) is 70.7 Å². The van der Waals surface area contributed by atoms with Crippen LogP contribution in [-0.2, 0) is 6.54 Å². The molecule has 7 nitrogen and oxygen atoms in total. The number of phenols is 1. The Morgan fingerprint density at radius 1 is 1.25 bits per heavy atom. The SMILES string of the molecule is COc1ccc(-c2nc3sc4cc(O)ccc4c3c(=O)n2Cc2cnco2)c(C2CC2)c1. The lowest BCUT2D eigenvalue weighted by atomic mass is 10.0. The molecule has 5 aromatic rings. The molecule has 0 aliphatic heterocycles. The third-order valence-electron chi connectivity index (χ3n) is 5.89. The van der Waals surface area contributed by atoms with Crippen LogP contribution < -0.4 is 10.3 Å². The lowest BCUT2D eigenvalue weighted by Gasteiger charge is -2.15. The van der Waals surface area contributed by atoms with Gasteiger partial charge >= 0.3 is 0 Å². The van der Waals surface area contributed by atoms with E-state index in [9.17, 15) is 9.90 Å². The van der Waals surface area contributed by atoms with Gasteiger partial charge in [-0.2, -0.15) is 0 Å².